The molecule has 0 heterocycles. The zero-order valence-corrected chi connectivity index (χ0v) is 11.2. The number of unbranched alkanes of at least 4 members (excludes halogenated alkanes) is 1. The molecule has 0 fully saturated rings. The topological polar surface area (TPSA) is 44.4 Å². The molecule has 0 spiro atoms. The lowest BCUT2D eigenvalue weighted by Crippen LogP contribution is -2.44. The molecule has 4 nitrogen and oxygen atoms in total. The lowest BCUT2D eigenvalue weighted by molar-refractivity contribution is -0.122. The second-order valence-corrected chi connectivity index (χ2v) is 4.22. The zero-order valence-electron chi connectivity index (χ0n) is 11.2. The zero-order chi connectivity index (χ0) is 12.4. The third-order valence-corrected chi connectivity index (χ3v) is 2.71. The molecule has 0 aromatic rings. The van der Waals surface area contributed by atoms with Crippen LogP contribution in [-0.2, 0) is 4.79 Å². The van der Waals surface area contributed by atoms with Crippen LogP contribution in [0.5, 0.6) is 0 Å². The molecule has 0 rings (SSSR count). The highest BCUT2D eigenvalue weighted by Crippen LogP contribution is 1.86. The maximum atomic E-state index is 11.6. The summed E-state index contributed by atoms with van der Waals surface area (Å²) in [6.45, 7) is 9.81. The molecule has 0 aliphatic rings. The molecule has 0 aromatic heterocycles. The van der Waals surface area contributed by atoms with Crippen LogP contribution < -0.4 is 10.6 Å². The lowest BCUT2D eigenvalue weighted by Gasteiger charge is -2.17. The second-order valence-electron chi connectivity index (χ2n) is 4.22. The van der Waals surface area contributed by atoms with E-state index in [1.54, 1.807) is 0 Å². The predicted octanol–water partition coefficient (Wildman–Crippen LogP) is 0.833. The van der Waals surface area contributed by atoms with Gasteiger partial charge in [-0.2, -0.15) is 0 Å². The van der Waals surface area contributed by atoms with Crippen LogP contribution in [0.25, 0.3) is 0 Å². The first-order chi connectivity index (χ1) is 7.61. The lowest BCUT2D eigenvalue weighted by atomic mass is 10.3. The standard InChI is InChI=1S/C12H27N3O/c1-5-7-8-14-12(16)11(3)13-9-10-15(4)6-2/h11,13H,5-10H2,1-4H3,(H,14,16). The Morgan fingerprint density at radius 2 is 2.00 bits per heavy atom. The molecule has 0 bridgehead atoms. The fraction of sp³-hybridized carbons (Fsp3) is 0.917. The summed E-state index contributed by atoms with van der Waals surface area (Å²) >= 11 is 0. The summed E-state index contributed by atoms with van der Waals surface area (Å²) in [7, 11) is 2.08. The molecule has 1 atom stereocenters. The van der Waals surface area contributed by atoms with Gasteiger partial charge in [0.25, 0.3) is 0 Å². The Labute approximate surface area is 99.8 Å². The monoisotopic (exact) mass is 229 g/mol. The summed E-state index contributed by atoms with van der Waals surface area (Å²) < 4.78 is 0. The Morgan fingerprint density at radius 3 is 2.56 bits per heavy atom. The minimum Gasteiger partial charge on any atom is -0.355 e. The molecule has 0 aromatic carbocycles. The van der Waals surface area contributed by atoms with Crippen LogP contribution in [0.2, 0.25) is 0 Å². The minimum absolute atomic E-state index is 0.0953. The molecule has 1 amide bonds. The van der Waals surface area contributed by atoms with Crippen molar-refractivity contribution in [2.75, 3.05) is 33.2 Å². The van der Waals surface area contributed by atoms with Crippen molar-refractivity contribution in [1.82, 2.24) is 15.5 Å². The number of likely N-dealkylation sites (N-methyl/N-ethyl adjacent to an activating group) is 1. The van der Waals surface area contributed by atoms with Crippen LogP contribution >= 0.6 is 0 Å². The van der Waals surface area contributed by atoms with E-state index >= 15 is 0 Å². The van der Waals surface area contributed by atoms with Crippen molar-refractivity contribution in [3.8, 4) is 0 Å². The number of amides is 1. The van der Waals surface area contributed by atoms with Gasteiger partial charge in [-0.3, -0.25) is 4.79 Å². The van der Waals surface area contributed by atoms with E-state index in [0.29, 0.717) is 0 Å². The van der Waals surface area contributed by atoms with Crippen molar-refractivity contribution < 1.29 is 4.79 Å². The van der Waals surface area contributed by atoms with Gasteiger partial charge in [0.15, 0.2) is 0 Å². The van der Waals surface area contributed by atoms with Gasteiger partial charge in [0.1, 0.15) is 0 Å². The fourth-order valence-electron chi connectivity index (χ4n) is 1.26. The predicted molar refractivity (Wildman–Crippen MR) is 68.6 cm³/mol. The smallest absolute Gasteiger partial charge is 0.236 e. The second kappa shape index (κ2) is 9.60. The van der Waals surface area contributed by atoms with E-state index in [4.69, 9.17) is 0 Å². The minimum atomic E-state index is -0.0953. The maximum absolute atomic E-state index is 11.6. The Kier molecular flexibility index (Phi) is 9.24. The van der Waals surface area contributed by atoms with Crippen molar-refractivity contribution in [3.05, 3.63) is 0 Å². The van der Waals surface area contributed by atoms with Crippen LogP contribution in [0.1, 0.15) is 33.6 Å². The van der Waals surface area contributed by atoms with E-state index < -0.39 is 0 Å². The number of carbonyl (C=O) groups excluding carboxylic acids is 1. The highest BCUT2D eigenvalue weighted by Gasteiger charge is 2.10. The molecular weight excluding hydrogens is 202 g/mol. The van der Waals surface area contributed by atoms with Gasteiger partial charge in [-0.05, 0) is 26.9 Å². The third kappa shape index (κ3) is 7.65. The summed E-state index contributed by atoms with van der Waals surface area (Å²) in [4.78, 5) is 13.8. The Balaban J connectivity index is 3.55. The first-order valence-electron chi connectivity index (χ1n) is 6.31. The average Bonchev–Trinajstić information content (AvgIpc) is 2.28. The van der Waals surface area contributed by atoms with Crippen LogP contribution in [-0.4, -0.2) is 50.1 Å². The fourth-order valence-corrected chi connectivity index (χ4v) is 1.26. The average molecular weight is 229 g/mol. The quantitative estimate of drug-likeness (QED) is 0.576. The summed E-state index contributed by atoms with van der Waals surface area (Å²) in [6.07, 6.45) is 2.17. The highest BCUT2D eigenvalue weighted by molar-refractivity contribution is 5.81. The Bertz CT molecular complexity index is 185. The van der Waals surface area contributed by atoms with Gasteiger partial charge in [0, 0.05) is 19.6 Å². The van der Waals surface area contributed by atoms with Gasteiger partial charge in [-0.25, -0.2) is 0 Å². The summed E-state index contributed by atoms with van der Waals surface area (Å²) in [5.41, 5.74) is 0. The molecule has 0 saturated heterocycles. The molecule has 0 radical (unpaired) electrons. The van der Waals surface area contributed by atoms with Crippen molar-refractivity contribution in [3.63, 3.8) is 0 Å². The molecule has 96 valence electrons. The van der Waals surface area contributed by atoms with Crippen molar-refractivity contribution in [1.29, 1.82) is 0 Å². The van der Waals surface area contributed by atoms with Gasteiger partial charge in [0.05, 0.1) is 6.04 Å². The van der Waals surface area contributed by atoms with Gasteiger partial charge in [-0.1, -0.05) is 20.3 Å². The largest absolute Gasteiger partial charge is 0.355 e. The van der Waals surface area contributed by atoms with Gasteiger partial charge in [-0.15, -0.1) is 0 Å². The molecular formula is C12H27N3O. The van der Waals surface area contributed by atoms with E-state index in [9.17, 15) is 4.79 Å². The first kappa shape index (κ1) is 15.4. The molecule has 0 saturated carbocycles. The van der Waals surface area contributed by atoms with E-state index in [1.165, 1.54) is 0 Å². The Hall–Kier alpha value is -0.610. The number of hydrogen-bond donors (Lipinski definition) is 2. The number of hydrogen-bond acceptors (Lipinski definition) is 3. The molecule has 4 heteroatoms. The van der Waals surface area contributed by atoms with E-state index in [0.717, 1.165) is 39.0 Å². The van der Waals surface area contributed by atoms with Crippen molar-refractivity contribution in [2.24, 2.45) is 0 Å². The molecule has 1 unspecified atom stereocenters. The summed E-state index contributed by atoms with van der Waals surface area (Å²) in [6, 6.07) is -0.0953. The maximum Gasteiger partial charge on any atom is 0.236 e. The van der Waals surface area contributed by atoms with Crippen LogP contribution in [0.3, 0.4) is 0 Å². The highest BCUT2D eigenvalue weighted by atomic mass is 16.2. The summed E-state index contributed by atoms with van der Waals surface area (Å²) in [5.74, 6) is 0.104. The molecule has 16 heavy (non-hydrogen) atoms. The van der Waals surface area contributed by atoms with Crippen molar-refractivity contribution in [2.45, 2.75) is 39.7 Å². The van der Waals surface area contributed by atoms with Gasteiger partial charge < -0.3 is 15.5 Å². The summed E-state index contributed by atoms with van der Waals surface area (Å²) in [5, 5.41) is 6.14. The SMILES string of the molecule is CCCCNC(=O)C(C)NCCN(C)CC. The van der Waals surface area contributed by atoms with Gasteiger partial charge in [0.2, 0.25) is 5.91 Å². The van der Waals surface area contributed by atoms with Crippen LogP contribution in [0.4, 0.5) is 0 Å². The Morgan fingerprint density at radius 1 is 1.31 bits per heavy atom. The van der Waals surface area contributed by atoms with E-state index in [-0.39, 0.29) is 11.9 Å². The van der Waals surface area contributed by atoms with Crippen molar-refractivity contribution >= 4 is 5.91 Å². The molecule has 2 N–H and O–H groups in total. The normalized spacial score (nSPS) is 12.8. The van der Waals surface area contributed by atoms with E-state index in [2.05, 4.69) is 36.4 Å². The number of rotatable bonds is 9. The molecule has 0 aliphatic heterocycles. The molecule has 0 aliphatic carbocycles. The van der Waals surface area contributed by atoms with E-state index in [1.807, 2.05) is 6.92 Å². The number of nitrogens with one attached hydrogen (secondary N) is 2. The van der Waals surface area contributed by atoms with Gasteiger partial charge >= 0.3 is 0 Å². The third-order valence-electron chi connectivity index (χ3n) is 2.71. The number of nitrogens with zero attached hydrogens (tertiary/aromatic N) is 1. The van der Waals surface area contributed by atoms with Crippen LogP contribution in [0, 0.1) is 0 Å². The number of carbonyl (C=O) groups is 1. The first-order valence-corrected chi connectivity index (χ1v) is 6.31. The van der Waals surface area contributed by atoms with Crippen LogP contribution in [0.15, 0.2) is 0 Å².